The molecule has 94 valence electrons. The van der Waals surface area contributed by atoms with E-state index in [1.165, 1.54) is 12.3 Å². The van der Waals surface area contributed by atoms with Crippen LogP contribution in [-0.4, -0.2) is 40.1 Å². The zero-order valence-electron chi connectivity index (χ0n) is 9.65. The van der Waals surface area contributed by atoms with Gasteiger partial charge in [0, 0.05) is 18.8 Å². The van der Waals surface area contributed by atoms with Gasteiger partial charge in [-0.15, -0.1) is 0 Å². The molecule has 6 heteroatoms. The Morgan fingerprint density at radius 2 is 2.18 bits per heavy atom. The van der Waals surface area contributed by atoms with Crippen molar-refractivity contribution >= 4 is 29.1 Å². The van der Waals surface area contributed by atoms with Gasteiger partial charge in [-0.25, -0.2) is 4.98 Å². The Morgan fingerprint density at radius 3 is 2.65 bits per heavy atom. The van der Waals surface area contributed by atoms with Crippen LogP contribution in [0, 0.1) is 0 Å². The minimum Gasteiger partial charge on any atom is -0.395 e. The fourth-order valence-corrected chi connectivity index (χ4v) is 1.68. The summed E-state index contributed by atoms with van der Waals surface area (Å²) in [5, 5.41) is 9.33. The Morgan fingerprint density at radius 1 is 1.53 bits per heavy atom. The lowest BCUT2D eigenvalue weighted by Gasteiger charge is -2.25. The summed E-state index contributed by atoms with van der Waals surface area (Å²) in [6.45, 7) is 3.94. The molecule has 0 spiro atoms. The van der Waals surface area contributed by atoms with E-state index in [9.17, 15) is 4.79 Å². The zero-order chi connectivity index (χ0) is 13.0. The largest absolute Gasteiger partial charge is 0.395 e. The van der Waals surface area contributed by atoms with E-state index in [2.05, 4.69) is 4.98 Å². The van der Waals surface area contributed by atoms with Crippen LogP contribution in [0.5, 0.6) is 0 Å². The quantitative estimate of drug-likeness (QED) is 0.859. The van der Waals surface area contributed by atoms with Crippen molar-refractivity contribution in [1.29, 1.82) is 0 Å². The first-order valence-corrected chi connectivity index (χ1v) is 5.95. The van der Waals surface area contributed by atoms with Crippen LogP contribution in [0.1, 0.15) is 24.2 Å². The summed E-state index contributed by atoms with van der Waals surface area (Å²) < 4.78 is 0. The monoisotopic (exact) mass is 276 g/mol. The van der Waals surface area contributed by atoms with E-state index in [0.29, 0.717) is 5.56 Å². The van der Waals surface area contributed by atoms with Crippen molar-refractivity contribution in [2.24, 2.45) is 0 Å². The van der Waals surface area contributed by atoms with Gasteiger partial charge in [0.15, 0.2) is 0 Å². The molecule has 0 radical (unpaired) electrons. The zero-order valence-corrected chi connectivity index (χ0v) is 11.2. The average Bonchev–Trinajstić information content (AvgIpc) is 2.28. The van der Waals surface area contributed by atoms with E-state index in [-0.39, 0.29) is 35.3 Å². The van der Waals surface area contributed by atoms with Crippen LogP contribution >= 0.6 is 23.2 Å². The lowest BCUT2D eigenvalue weighted by atomic mass is 10.2. The number of carbonyl (C=O) groups is 1. The van der Waals surface area contributed by atoms with E-state index in [4.69, 9.17) is 28.3 Å². The molecule has 0 aliphatic rings. The molecule has 17 heavy (non-hydrogen) atoms. The predicted molar refractivity (Wildman–Crippen MR) is 67.5 cm³/mol. The summed E-state index contributed by atoms with van der Waals surface area (Å²) in [5.74, 6) is -0.222. The van der Waals surface area contributed by atoms with E-state index >= 15 is 0 Å². The topological polar surface area (TPSA) is 53.4 Å². The van der Waals surface area contributed by atoms with Crippen molar-refractivity contribution in [1.82, 2.24) is 9.88 Å². The van der Waals surface area contributed by atoms with Gasteiger partial charge in [-0.3, -0.25) is 4.79 Å². The van der Waals surface area contributed by atoms with Crippen LogP contribution in [0.15, 0.2) is 12.3 Å². The summed E-state index contributed by atoms with van der Waals surface area (Å²) in [6.07, 6.45) is 1.38. The van der Waals surface area contributed by atoms with Gasteiger partial charge in [-0.2, -0.15) is 0 Å². The van der Waals surface area contributed by atoms with Crippen LogP contribution in [0.3, 0.4) is 0 Å². The highest BCUT2D eigenvalue weighted by Crippen LogP contribution is 2.20. The van der Waals surface area contributed by atoms with Gasteiger partial charge in [0.2, 0.25) is 0 Å². The SMILES string of the molecule is CC(C)N(CCO)C(=O)c1cnc(Cl)c(Cl)c1. The molecule has 1 N–H and O–H groups in total. The molecule has 1 heterocycles. The summed E-state index contributed by atoms with van der Waals surface area (Å²) in [4.78, 5) is 17.5. The molecule has 1 amide bonds. The average molecular weight is 277 g/mol. The molecule has 0 saturated carbocycles. The first-order chi connectivity index (χ1) is 7.97. The fraction of sp³-hybridized carbons (Fsp3) is 0.455. The maximum atomic E-state index is 12.1. The first-order valence-electron chi connectivity index (χ1n) is 5.20. The number of rotatable bonds is 4. The fourth-order valence-electron chi connectivity index (χ4n) is 1.41. The van der Waals surface area contributed by atoms with E-state index in [0.717, 1.165) is 0 Å². The molecule has 0 aliphatic carbocycles. The van der Waals surface area contributed by atoms with E-state index in [1.807, 2.05) is 13.8 Å². The number of halogens is 2. The van der Waals surface area contributed by atoms with Gasteiger partial charge in [-0.05, 0) is 19.9 Å². The maximum absolute atomic E-state index is 12.1. The number of carbonyl (C=O) groups excluding carboxylic acids is 1. The molecule has 1 aromatic heterocycles. The molecule has 0 unspecified atom stereocenters. The van der Waals surface area contributed by atoms with Crippen LogP contribution in [-0.2, 0) is 0 Å². The van der Waals surface area contributed by atoms with E-state index in [1.54, 1.807) is 4.90 Å². The van der Waals surface area contributed by atoms with Crippen LogP contribution in [0.25, 0.3) is 0 Å². The number of aliphatic hydroxyl groups excluding tert-OH is 1. The third kappa shape index (κ3) is 3.56. The molecule has 0 aliphatic heterocycles. The van der Waals surface area contributed by atoms with Gasteiger partial charge in [0.05, 0.1) is 17.2 Å². The summed E-state index contributed by atoms with van der Waals surface area (Å²) in [7, 11) is 0. The second kappa shape index (κ2) is 6.19. The molecule has 4 nitrogen and oxygen atoms in total. The van der Waals surface area contributed by atoms with E-state index < -0.39 is 0 Å². The lowest BCUT2D eigenvalue weighted by Crippen LogP contribution is -2.39. The number of aromatic nitrogens is 1. The molecule has 1 aromatic rings. The molecular formula is C11H14Cl2N2O2. The Labute approximate surface area is 110 Å². The van der Waals surface area contributed by atoms with Crippen molar-refractivity contribution in [2.45, 2.75) is 19.9 Å². The third-order valence-corrected chi connectivity index (χ3v) is 2.95. The maximum Gasteiger partial charge on any atom is 0.255 e. The molecule has 0 atom stereocenters. The molecule has 0 saturated heterocycles. The molecule has 1 rings (SSSR count). The number of hydrogen-bond acceptors (Lipinski definition) is 3. The molecular weight excluding hydrogens is 263 g/mol. The minimum atomic E-state index is -0.222. The van der Waals surface area contributed by atoms with Crippen LogP contribution < -0.4 is 0 Å². The smallest absolute Gasteiger partial charge is 0.255 e. The standard InChI is InChI=1S/C11H14Cl2N2O2/c1-7(2)15(3-4-16)11(17)8-5-9(12)10(13)14-6-8/h5-7,16H,3-4H2,1-2H3. The van der Waals surface area contributed by atoms with Crippen molar-refractivity contribution in [3.8, 4) is 0 Å². The highest BCUT2D eigenvalue weighted by Gasteiger charge is 2.19. The van der Waals surface area contributed by atoms with Crippen LogP contribution in [0.4, 0.5) is 0 Å². The van der Waals surface area contributed by atoms with Gasteiger partial charge < -0.3 is 10.0 Å². The highest BCUT2D eigenvalue weighted by atomic mass is 35.5. The Kier molecular flexibility index (Phi) is 5.18. The predicted octanol–water partition coefficient (Wildman–Crippen LogP) is 2.23. The van der Waals surface area contributed by atoms with Gasteiger partial charge in [0.1, 0.15) is 5.15 Å². The molecule has 0 fully saturated rings. The second-order valence-corrected chi connectivity index (χ2v) is 4.58. The van der Waals surface area contributed by atoms with Crippen LogP contribution in [0.2, 0.25) is 10.2 Å². The molecule has 0 bridgehead atoms. The Balaban J connectivity index is 2.97. The summed E-state index contributed by atoms with van der Waals surface area (Å²) in [5.41, 5.74) is 0.363. The van der Waals surface area contributed by atoms with Gasteiger partial charge in [0.25, 0.3) is 5.91 Å². The van der Waals surface area contributed by atoms with Gasteiger partial charge in [-0.1, -0.05) is 23.2 Å². The third-order valence-electron chi connectivity index (χ3n) is 2.27. The van der Waals surface area contributed by atoms with Gasteiger partial charge >= 0.3 is 0 Å². The summed E-state index contributed by atoms with van der Waals surface area (Å²) >= 11 is 11.5. The Bertz CT molecular complexity index is 410. The number of amides is 1. The highest BCUT2D eigenvalue weighted by molar-refractivity contribution is 6.41. The van der Waals surface area contributed by atoms with Crippen molar-refractivity contribution in [2.75, 3.05) is 13.2 Å². The first kappa shape index (κ1) is 14.2. The number of nitrogens with zero attached hydrogens (tertiary/aromatic N) is 2. The second-order valence-electron chi connectivity index (χ2n) is 3.81. The minimum absolute atomic E-state index is 0.0101. The molecule has 0 aromatic carbocycles. The number of hydrogen-bond donors (Lipinski definition) is 1. The Hall–Kier alpha value is -0.840. The van der Waals surface area contributed by atoms with Crippen molar-refractivity contribution in [3.05, 3.63) is 28.0 Å². The number of aliphatic hydroxyl groups is 1. The van der Waals surface area contributed by atoms with Crippen molar-refractivity contribution < 1.29 is 9.90 Å². The van der Waals surface area contributed by atoms with Crippen molar-refractivity contribution in [3.63, 3.8) is 0 Å². The normalized spacial score (nSPS) is 10.7. The summed E-state index contributed by atoms with van der Waals surface area (Å²) in [6, 6.07) is 1.47. The number of pyridine rings is 1. The lowest BCUT2D eigenvalue weighted by molar-refractivity contribution is 0.0665.